The third-order valence-electron chi connectivity index (χ3n) is 5.73. The van der Waals surface area contributed by atoms with Gasteiger partial charge in [0.25, 0.3) is 0 Å². The van der Waals surface area contributed by atoms with Crippen LogP contribution in [0.1, 0.15) is 37.7 Å². The van der Waals surface area contributed by atoms with Crippen LogP contribution in [0.4, 0.5) is 29.9 Å². The molecule has 3 heterocycles. The van der Waals surface area contributed by atoms with Crippen molar-refractivity contribution in [2.45, 2.75) is 51.2 Å². The van der Waals surface area contributed by atoms with Gasteiger partial charge in [-0.25, -0.2) is 15.0 Å². The van der Waals surface area contributed by atoms with Crippen LogP contribution in [0.2, 0.25) is 0 Å². The molecule has 0 spiro atoms. The Morgan fingerprint density at radius 2 is 1.94 bits per heavy atom. The van der Waals surface area contributed by atoms with Crippen LogP contribution < -0.4 is 15.5 Å². The van der Waals surface area contributed by atoms with Crippen LogP contribution in [0.5, 0.6) is 0 Å². The molecule has 186 valence electrons. The molecule has 0 bridgehead atoms. The van der Waals surface area contributed by atoms with E-state index in [2.05, 4.69) is 20.3 Å². The van der Waals surface area contributed by atoms with Gasteiger partial charge in [0.05, 0.1) is 17.1 Å². The molecule has 11 heteroatoms. The molecule has 4 rings (SSSR count). The number of carbonyl (C=O) groups is 1. The largest absolute Gasteiger partial charge is 0.405 e. The van der Waals surface area contributed by atoms with Crippen molar-refractivity contribution in [3.63, 3.8) is 0 Å². The topological polar surface area (TPSA) is 83.0 Å². The number of thiazole rings is 1. The summed E-state index contributed by atoms with van der Waals surface area (Å²) in [5, 5.41) is 5.78. The van der Waals surface area contributed by atoms with Crippen LogP contribution in [-0.2, 0) is 4.79 Å². The summed E-state index contributed by atoms with van der Waals surface area (Å²) >= 11 is 1.38. The zero-order chi connectivity index (χ0) is 24.8. The number of aromatic nitrogens is 3. The van der Waals surface area contributed by atoms with E-state index in [1.807, 2.05) is 47.5 Å². The third-order valence-corrected chi connectivity index (χ3v) is 6.78. The van der Waals surface area contributed by atoms with E-state index in [9.17, 15) is 18.0 Å². The van der Waals surface area contributed by atoms with Crippen LogP contribution in [-0.4, -0.2) is 46.2 Å². The molecule has 35 heavy (non-hydrogen) atoms. The molecule has 2 N–H and O–H groups in total. The van der Waals surface area contributed by atoms with Crippen LogP contribution in [0.25, 0.3) is 10.6 Å². The highest BCUT2D eigenvalue weighted by Crippen LogP contribution is 2.34. The molecular formula is C24H27F3N6OS. The van der Waals surface area contributed by atoms with Crippen molar-refractivity contribution in [3.05, 3.63) is 48.3 Å². The number of aryl methyl sites for hydroxylation is 1. The average Bonchev–Trinajstić information content (AvgIpc) is 3.32. The van der Waals surface area contributed by atoms with Crippen molar-refractivity contribution < 1.29 is 18.0 Å². The summed E-state index contributed by atoms with van der Waals surface area (Å²) in [6, 6.07) is 9.48. The number of halogens is 3. The second-order valence-electron chi connectivity index (χ2n) is 8.57. The summed E-state index contributed by atoms with van der Waals surface area (Å²) in [5.41, 5.74) is 1.78. The Balaban J connectivity index is 1.52. The second-order valence-corrected chi connectivity index (χ2v) is 9.58. The Morgan fingerprint density at radius 1 is 1.14 bits per heavy atom. The summed E-state index contributed by atoms with van der Waals surface area (Å²) in [5.74, 6) is 0.652. The van der Waals surface area contributed by atoms with Crippen molar-refractivity contribution in [1.82, 2.24) is 20.3 Å². The SMILES string of the molecule is Cc1ccnc(Nc2cccc(-c3cnc(N(CC(=O)NCC(F)(F)F)C4CCCCC4)s3)n2)c1. The smallest absolute Gasteiger partial charge is 0.345 e. The molecule has 1 aliphatic carbocycles. The molecule has 3 aromatic heterocycles. The van der Waals surface area contributed by atoms with Gasteiger partial charge in [-0.3, -0.25) is 4.79 Å². The molecule has 1 saturated carbocycles. The predicted molar refractivity (Wildman–Crippen MR) is 131 cm³/mol. The fourth-order valence-corrected chi connectivity index (χ4v) is 5.01. The first-order valence-corrected chi connectivity index (χ1v) is 12.3. The van der Waals surface area contributed by atoms with Gasteiger partial charge in [0.2, 0.25) is 5.91 Å². The number of carbonyl (C=O) groups excluding carboxylic acids is 1. The van der Waals surface area contributed by atoms with Gasteiger partial charge >= 0.3 is 6.18 Å². The van der Waals surface area contributed by atoms with Gasteiger partial charge < -0.3 is 15.5 Å². The molecule has 1 fully saturated rings. The molecule has 0 unspecified atom stereocenters. The van der Waals surface area contributed by atoms with Gasteiger partial charge in [0, 0.05) is 18.4 Å². The Morgan fingerprint density at radius 3 is 2.69 bits per heavy atom. The summed E-state index contributed by atoms with van der Waals surface area (Å²) in [6.07, 6.45) is 3.89. The van der Waals surface area contributed by atoms with E-state index in [0.717, 1.165) is 42.5 Å². The molecule has 0 aromatic carbocycles. The van der Waals surface area contributed by atoms with Gasteiger partial charge in [0.15, 0.2) is 5.13 Å². The quantitative estimate of drug-likeness (QED) is 0.423. The number of alkyl halides is 3. The summed E-state index contributed by atoms with van der Waals surface area (Å²) in [4.78, 5) is 28.5. The number of pyridine rings is 2. The van der Waals surface area contributed by atoms with Crippen LogP contribution in [0.15, 0.2) is 42.7 Å². The zero-order valence-electron chi connectivity index (χ0n) is 19.3. The van der Waals surface area contributed by atoms with E-state index < -0.39 is 18.6 Å². The Labute approximate surface area is 205 Å². The normalized spacial score (nSPS) is 14.5. The van der Waals surface area contributed by atoms with Gasteiger partial charge in [-0.1, -0.05) is 36.7 Å². The number of anilines is 3. The highest BCUT2D eigenvalue weighted by Gasteiger charge is 2.30. The van der Waals surface area contributed by atoms with E-state index in [0.29, 0.717) is 22.5 Å². The fraction of sp³-hybridized carbons (Fsp3) is 0.417. The lowest BCUT2D eigenvalue weighted by Gasteiger charge is -2.33. The Bertz CT molecular complexity index is 1150. The van der Waals surface area contributed by atoms with Gasteiger partial charge in [-0.05, 0) is 49.6 Å². The minimum absolute atomic E-state index is 0.0627. The van der Waals surface area contributed by atoms with Crippen molar-refractivity contribution in [2.75, 3.05) is 23.3 Å². The van der Waals surface area contributed by atoms with Gasteiger partial charge in [-0.15, -0.1) is 0 Å². The lowest BCUT2D eigenvalue weighted by Crippen LogP contribution is -2.45. The number of hydrogen-bond acceptors (Lipinski definition) is 7. The minimum atomic E-state index is -4.45. The maximum Gasteiger partial charge on any atom is 0.405 e. The number of hydrogen-bond donors (Lipinski definition) is 2. The molecule has 0 saturated heterocycles. The molecule has 0 aliphatic heterocycles. The lowest BCUT2D eigenvalue weighted by atomic mass is 9.94. The Hall–Kier alpha value is -3.21. The van der Waals surface area contributed by atoms with Crippen LogP contribution in [0.3, 0.4) is 0 Å². The second kappa shape index (κ2) is 11.0. The first-order chi connectivity index (χ1) is 16.8. The number of rotatable bonds is 8. The van der Waals surface area contributed by atoms with Crippen molar-refractivity contribution in [1.29, 1.82) is 0 Å². The average molecular weight is 505 g/mol. The van der Waals surface area contributed by atoms with Crippen molar-refractivity contribution in [2.24, 2.45) is 0 Å². The maximum atomic E-state index is 12.6. The predicted octanol–water partition coefficient (Wildman–Crippen LogP) is 5.47. The molecule has 3 aromatic rings. The highest BCUT2D eigenvalue weighted by atomic mass is 32.1. The summed E-state index contributed by atoms with van der Waals surface area (Å²) in [7, 11) is 0. The first kappa shape index (κ1) is 24.9. The lowest BCUT2D eigenvalue weighted by molar-refractivity contribution is -0.137. The number of amides is 1. The fourth-order valence-electron chi connectivity index (χ4n) is 4.05. The monoisotopic (exact) mass is 504 g/mol. The van der Waals surface area contributed by atoms with E-state index in [1.165, 1.54) is 11.3 Å². The molecule has 7 nitrogen and oxygen atoms in total. The van der Waals surface area contributed by atoms with Crippen LogP contribution in [0, 0.1) is 6.92 Å². The molecule has 0 radical (unpaired) electrons. The van der Waals surface area contributed by atoms with E-state index in [1.54, 1.807) is 12.4 Å². The van der Waals surface area contributed by atoms with Crippen LogP contribution >= 0.6 is 11.3 Å². The van der Waals surface area contributed by atoms with Crippen molar-refractivity contribution in [3.8, 4) is 10.6 Å². The van der Waals surface area contributed by atoms with Crippen molar-refractivity contribution >= 4 is 34.0 Å². The first-order valence-electron chi connectivity index (χ1n) is 11.5. The Kier molecular flexibility index (Phi) is 7.84. The molecule has 0 atom stereocenters. The standard InChI is InChI=1S/C24H27F3N6OS/c1-16-10-11-28-21(12-16)32-20-9-5-8-18(31-20)19-13-29-23(35-19)33(17-6-3-2-4-7-17)14-22(34)30-15-24(25,26)27/h5,8-13,17H,2-4,6-7,14-15H2,1H3,(H,30,34)(H,28,31,32). The third kappa shape index (κ3) is 7.14. The number of nitrogens with one attached hydrogen (secondary N) is 2. The van der Waals surface area contributed by atoms with E-state index in [4.69, 9.17) is 0 Å². The maximum absolute atomic E-state index is 12.6. The van der Waals surface area contributed by atoms with Gasteiger partial charge in [0.1, 0.15) is 18.2 Å². The highest BCUT2D eigenvalue weighted by molar-refractivity contribution is 7.18. The van der Waals surface area contributed by atoms with E-state index in [-0.39, 0.29) is 12.6 Å². The zero-order valence-corrected chi connectivity index (χ0v) is 20.1. The number of nitrogens with zero attached hydrogens (tertiary/aromatic N) is 4. The van der Waals surface area contributed by atoms with Gasteiger partial charge in [-0.2, -0.15) is 13.2 Å². The molecule has 1 amide bonds. The molecule has 1 aliphatic rings. The van der Waals surface area contributed by atoms with E-state index >= 15 is 0 Å². The summed E-state index contributed by atoms with van der Waals surface area (Å²) < 4.78 is 37.7. The minimum Gasteiger partial charge on any atom is -0.345 e. The summed E-state index contributed by atoms with van der Waals surface area (Å²) in [6.45, 7) is 0.478. The molecular weight excluding hydrogens is 477 g/mol.